The third kappa shape index (κ3) is 2.99. The maximum absolute atomic E-state index is 12.2. The Labute approximate surface area is 123 Å². The van der Waals surface area contributed by atoms with E-state index in [-0.39, 0.29) is 17.4 Å². The van der Waals surface area contributed by atoms with Gasteiger partial charge in [0.15, 0.2) is 0 Å². The third-order valence-corrected chi connectivity index (χ3v) is 4.50. The Hall–Kier alpha value is -2.10. The fourth-order valence-corrected chi connectivity index (χ4v) is 3.40. The van der Waals surface area contributed by atoms with Crippen LogP contribution in [-0.4, -0.2) is 23.5 Å². The van der Waals surface area contributed by atoms with Gasteiger partial charge in [-0.3, -0.25) is 4.79 Å². The molecule has 2 bridgehead atoms. The summed E-state index contributed by atoms with van der Waals surface area (Å²) in [5.74, 6) is 0.365. The van der Waals surface area contributed by atoms with Crippen molar-refractivity contribution in [2.75, 3.05) is 6.54 Å². The van der Waals surface area contributed by atoms with E-state index in [1.165, 1.54) is 0 Å². The number of hydrogen-bond acceptors (Lipinski definition) is 2. The Bertz CT molecular complexity index is 593. The number of nitrogens with one attached hydrogen (secondary N) is 1. The van der Waals surface area contributed by atoms with E-state index in [2.05, 4.69) is 17.5 Å². The van der Waals surface area contributed by atoms with Gasteiger partial charge in [0.05, 0.1) is 5.56 Å². The molecule has 0 heterocycles. The molecular weight excluding hydrogens is 266 g/mol. The minimum Gasteiger partial charge on any atom is -0.478 e. The summed E-state index contributed by atoms with van der Waals surface area (Å²) in [7, 11) is 0. The van der Waals surface area contributed by atoms with Crippen LogP contribution in [0.2, 0.25) is 0 Å². The lowest BCUT2D eigenvalue weighted by Crippen LogP contribution is -2.34. The molecule has 4 heteroatoms. The average Bonchev–Trinajstić information content (AvgIpc) is 3.10. The fourth-order valence-electron chi connectivity index (χ4n) is 3.40. The van der Waals surface area contributed by atoms with Gasteiger partial charge in [-0.25, -0.2) is 4.79 Å². The summed E-state index contributed by atoms with van der Waals surface area (Å²) in [6, 6.07) is 6.86. The Morgan fingerprint density at radius 1 is 1.24 bits per heavy atom. The SMILES string of the molecule is O=C(O)c1cccc(CCNC(=O)C2CC3C=CC2C3)c1. The molecule has 0 saturated heterocycles. The Morgan fingerprint density at radius 2 is 2.10 bits per heavy atom. The van der Waals surface area contributed by atoms with Gasteiger partial charge in [0.2, 0.25) is 5.91 Å². The van der Waals surface area contributed by atoms with Crippen LogP contribution in [0, 0.1) is 17.8 Å². The van der Waals surface area contributed by atoms with Crippen molar-refractivity contribution >= 4 is 11.9 Å². The van der Waals surface area contributed by atoms with E-state index in [9.17, 15) is 9.59 Å². The summed E-state index contributed by atoms with van der Waals surface area (Å²) >= 11 is 0. The maximum atomic E-state index is 12.2. The standard InChI is InChI=1S/C17H19NO3/c19-16(15-10-12-4-5-13(15)9-12)18-7-6-11-2-1-3-14(8-11)17(20)21/h1-5,8,12-13,15H,6-7,9-10H2,(H,18,19)(H,20,21). The lowest BCUT2D eigenvalue weighted by molar-refractivity contribution is -0.125. The summed E-state index contributed by atoms with van der Waals surface area (Å²) in [4.78, 5) is 23.1. The summed E-state index contributed by atoms with van der Waals surface area (Å²) in [6.07, 6.45) is 7.16. The van der Waals surface area contributed by atoms with E-state index in [4.69, 9.17) is 5.11 Å². The zero-order valence-electron chi connectivity index (χ0n) is 11.8. The van der Waals surface area contributed by atoms with Crippen LogP contribution in [0.15, 0.2) is 36.4 Å². The zero-order chi connectivity index (χ0) is 14.8. The fraction of sp³-hybridized carbons (Fsp3) is 0.412. The van der Waals surface area contributed by atoms with Crippen molar-refractivity contribution in [3.63, 3.8) is 0 Å². The predicted octanol–water partition coefficient (Wildman–Crippen LogP) is 2.26. The second kappa shape index (κ2) is 5.72. The van der Waals surface area contributed by atoms with E-state index in [1.807, 2.05) is 6.07 Å². The molecule has 1 aromatic rings. The van der Waals surface area contributed by atoms with Crippen molar-refractivity contribution in [3.8, 4) is 0 Å². The molecular formula is C17H19NO3. The monoisotopic (exact) mass is 285 g/mol. The number of fused-ring (bicyclic) bond motifs is 2. The molecule has 1 fully saturated rings. The molecule has 0 aliphatic heterocycles. The highest BCUT2D eigenvalue weighted by Crippen LogP contribution is 2.43. The van der Waals surface area contributed by atoms with Crippen molar-refractivity contribution in [2.24, 2.45) is 17.8 Å². The van der Waals surface area contributed by atoms with E-state index in [0.29, 0.717) is 24.8 Å². The summed E-state index contributed by atoms with van der Waals surface area (Å²) in [5, 5.41) is 11.9. The van der Waals surface area contributed by atoms with E-state index >= 15 is 0 Å². The molecule has 1 aromatic carbocycles. The molecule has 2 aliphatic rings. The van der Waals surface area contributed by atoms with E-state index < -0.39 is 5.97 Å². The predicted molar refractivity (Wildman–Crippen MR) is 79.0 cm³/mol. The van der Waals surface area contributed by atoms with Crippen LogP contribution in [0.5, 0.6) is 0 Å². The molecule has 2 aliphatic carbocycles. The number of amides is 1. The maximum Gasteiger partial charge on any atom is 0.335 e. The summed E-state index contributed by atoms with van der Waals surface area (Å²) in [6.45, 7) is 0.555. The van der Waals surface area contributed by atoms with Crippen LogP contribution >= 0.6 is 0 Å². The first kappa shape index (κ1) is 13.9. The van der Waals surface area contributed by atoms with Gasteiger partial charge >= 0.3 is 5.97 Å². The normalized spacial score (nSPS) is 26.0. The Morgan fingerprint density at radius 3 is 2.76 bits per heavy atom. The highest BCUT2D eigenvalue weighted by molar-refractivity contribution is 5.87. The highest BCUT2D eigenvalue weighted by Gasteiger charge is 2.39. The van der Waals surface area contributed by atoms with Crippen LogP contribution in [0.1, 0.15) is 28.8 Å². The van der Waals surface area contributed by atoms with Gasteiger partial charge in [-0.15, -0.1) is 0 Å². The van der Waals surface area contributed by atoms with Gasteiger partial charge in [-0.2, -0.15) is 0 Å². The molecule has 1 amide bonds. The number of allylic oxidation sites excluding steroid dienone is 2. The van der Waals surface area contributed by atoms with Crippen molar-refractivity contribution in [2.45, 2.75) is 19.3 Å². The first-order chi connectivity index (χ1) is 10.1. The minimum absolute atomic E-state index is 0.130. The number of carbonyl (C=O) groups is 2. The summed E-state index contributed by atoms with van der Waals surface area (Å²) < 4.78 is 0. The van der Waals surface area contributed by atoms with Crippen LogP contribution < -0.4 is 5.32 Å². The van der Waals surface area contributed by atoms with E-state index in [0.717, 1.165) is 18.4 Å². The molecule has 0 spiro atoms. The van der Waals surface area contributed by atoms with Crippen LogP contribution in [-0.2, 0) is 11.2 Å². The Kier molecular flexibility index (Phi) is 3.78. The highest BCUT2D eigenvalue weighted by atomic mass is 16.4. The minimum atomic E-state index is -0.922. The van der Waals surface area contributed by atoms with Crippen molar-refractivity contribution in [3.05, 3.63) is 47.5 Å². The zero-order valence-corrected chi connectivity index (χ0v) is 11.8. The second-order valence-corrected chi connectivity index (χ2v) is 5.93. The molecule has 21 heavy (non-hydrogen) atoms. The lowest BCUT2D eigenvalue weighted by Gasteiger charge is -2.17. The lowest BCUT2D eigenvalue weighted by atomic mass is 9.93. The number of hydrogen-bond donors (Lipinski definition) is 2. The molecule has 0 aromatic heterocycles. The largest absolute Gasteiger partial charge is 0.478 e. The molecule has 3 rings (SSSR count). The molecule has 3 unspecified atom stereocenters. The molecule has 3 atom stereocenters. The van der Waals surface area contributed by atoms with Gasteiger partial charge < -0.3 is 10.4 Å². The topological polar surface area (TPSA) is 66.4 Å². The van der Waals surface area contributed by atoms with Gasteiger partial charge in [0, 0.05) is 12.5 Å². The number of rotatable bonds is 5. The van der Waals surface area contributed by atoms with Crippen LogP contribution in [0.25, 0.3) is 0 Å². The van der Waals surface area contributed by atoms with Gasteiger partial charge in [0.1, 0.15) is 0 Å². The Balaban J connectivity index is 1.50. The van der Waals surface area contributed by atoms with Crippen molar-refractivity contribution in [1.82, 2.24) is 5.32 Å². The summed E-state index contributed by atoms with van der Waals surface area (Å²) in [5.41, 5.74) is 1.22. The van der Waals surface area contributed by atoms with E-state index in [1.54, 1.807) is 18.2 Å². The van der Waals surface area contributed by atoms with Gasteiger partial charge in [-0.05, 0) is 48.8 Å². The molecule has 4 nitrogen and oxygen atoms in total. The number of aromatic carboxylic acids is 1. The smallest absolute Gasteiger partial charge is 0.335 e. The second-order valence-electron chi connectivity index (χ2n) is 5.93. The number of carboxylic acid groups (broad SMARTS) is 1. The van der Waals surface area contributed by atoms with Crippen molar-refractivity contribution in [1.29, 1.82) is 0 Å². The molecule has 2 N–H and O–H groups in total. The quantitative estimate of drug-likeness (QED) is 0.815. The molecule has 110 valence electrons. The molecule has 1 saturated carbocycles. The van der Waals surface area contributed by atoms with Crippen LogP contribution in [0.4, 0.5) is 0 Å². The number of benzene rings is 1. The number of carboxylic acids is 1. The van der Waals surface area contributed by atoms with Gasteiger partial charge in [0.25, 0.3) is 0 Å². The molecule has 0 radical (unpaired) electrons. The third-order valence-electron chi connectivity index (χ3n) is 4.50. The van der Waals surface area contributed by atoms with Gasteiger partial charge in [-0.1, -0.05) is 24.3 Å². The first-order valence-electron chi connectivity index (χ1n) is 7.42. The average molecular weight is 285 g/mol. The first-order valence-corrected chi connectivity index (χ1v) is 7.42. The number of carbonyl (C=O) groups excluding carboxylic acids is 1. The van der Waals surface area contributed by atoms with Crippen LogP contribution in [0.3, 0.4) is 0 Å². The van der Waals surface area contributed by atoms with Crippen molar-refractivity contribution < 1.29 is 14.7 Å².